The number of carboxylic acid groups (broad SMARTS) is 1. The molecule has 124 valence electrons. The maximum Gasteiger partial charge on any atom is 0.410 e. The molecule has 0 aliphatic carbocycles. The first kappa shape index (κ1) is 18.4. The lowest BCUT2D eigenvalue weighted by Crippen LogP contribution is -2.35. The van der Waals surface area contributed by atoms with Gasteiger partial charge in [-0.2, -0.15) is 0 Å². The topological polar surface area (TPSA) is 78.9 Å². The van der Waals surface area contributed by atoms with Gasteiger partial charge in [-0.15, -0.1) is 11.3 Å². The number of nitrogens with one attached hydrogen (secondary N) is 1. The number of carbonyl (C=O) groups excluding carboxylic acids is 1. The molecule has 6 nitrogen and oxygen atoms in total. The van der Waals surface area contributed by atoms with E-state index in [1.165, 1.54) is 11.3 Å². The second-order valence-corrected chi connectivity index (χ2v) is 7.03. The number of hydrogen-bond donors (Lipinski definition) is 2. The van der Waals surface area contributed by atoms with E-state index in [9.17, 15) is 9.59 Å². The molecule has 1 rings (SSSR count). The third-order valence-corrected chi connectivity index (χ3v) is 3.69. The van der Waals surface area contributed by atoms with Gasteiger partial charge < -0.3 is 20.1 Å². The Balaban J connectivity index is 2.19. The molecule has 7 heteroatoms. The van der Waals surface area contributed by atoms with E-state index >= 15 is 0 Å². The van der Waals surface area contributed by atoms with Gasteiger partial charge in [-0.1, -0.05) is 0 Å². The summed E-state index contributed by atoms with van der Waals surface area (Å²) < 4.78 is 5.26. The highest BCUT2D eigenvalue weighted by atomic mass is 32.1. The first-order valence-electron chi connectivity index (χ1n) is 7.14. The number of carboxylic acids is 1. The number of carbonyl (C=O) groups is 2. The second-order valence-electron chi connectivity index (χ2n) is 6.04. The summed E-state index contributed by atoms with van der Waals surface area (Å²) in [7, 11) is 1.71. The van der Waals surface area contributed by atoms with Gasteiger partial charge >= 0.3 is 12.1 Å². The zero-order valence-corrected chi connectivity index (χ0v) is 14.3. The summed E-state index contributed by atoms with van der Waals surface area (Å²) in [6.07, 6.45) is 0.476. The zero-order chi connectivity index (χ0) is 16.8. The average Bonchev–Trinajstić information content (AvgIpc) is 2.85. The summed E-state index contributed by atoms with van der Waals surface area (Å²) in [4.78, 5) is 25.0. The zero-order valence-electron chi connectivity index (χ0n) is 13.5. The molecule has 2 N–H and O–H groups in total. The fourth-order valence-electron chi connectivity index (χ4n) is 1.67. The van der Waals surface area contributed by atoms with Crippen LogP contribution in [-0.4, -0.2) is 47.8 Å². The minimum absolute atomic E-state index is 0.322. The Hall–Kier alpha value is -1.60. The Labute approximate surface area is 135 Å². The van der Waals surface area contributed by atoms with Gasteiger partial charge in [0.1, 0.15) is 5.60 Å². The van der Waals surface area contributed by atoms with Crippen LogP contribution in [0.25, 0.3) is 0 Å². The molecule has 1 aromatic heterocycles. The standard InChI is InChI=1S/C15H24N2O4S/c1-15(2,3)21-14(20)17(4)7-5-6-16-9-12-8-11(10-22-12)13(18)19/h8,10,16H,5-7,9H2,1-4H3,(H,18,19). The molecule has 0 spiro atoms. The number of thiophene rings is 1. The average molecular weight is 328 g/mol. The van der Waals surface area contributed by atoms with Gasteiger partial charge in [0.25, 0.3) is 0 Å². The third kappa shape index (κ3) is 6.91. The van der Waals surface area contributed by atoms with Gasteiger partial charge in [0.05, 0.1) is 5.56 Å². The Morgan fingerprint density at radius 3 is 2.64 bits per heavy atom. The number of rotatable bonds is 7. The number of nitrogens with zero attached hydrogens (tertiary/aromatic N) is 1. The van der Waals surface area contributed by atoms with Crippen LogP contribution in [0.1, 0.15) is 42.4 Å². The molecule has 0 aromatic carbocycles. The van der Waals surface area contributed by atoms with Crippen molar-refractivity contribution < 1.29 is 19.4 Å². The fourth-order valence-corrected chi connectivity index (χ4v) is 2.50. The van der Waals surface area contributed by atoms with Crippen molar-refractivity contribution in [1.82, 2.24) is 10.2 Å². The van der Waals surface area contributed by atoms with Crippen molar-refractivity contribution >= 4 is 23.4 Å². The first-order chi connectivity index (χ1) is 10.2. The molecular weight excluding hydrogens is 304 g/mol. The van der Waals surface area contributed by atoms with Crippen molar-refractivity contribution in [3.63, 3.8) is 0 Å². The number of aromatic carboxylic acids is 1. The van der Waals surface area contributed by atoms with Gasteiger partial charge in [0, 0.05) is 30.4 Å². The minimum Gasteiger partial charge on any atom is -0.478 e. The van der Waals surface area contributed by atoms with Crippen LogP contribution in [0.4, 0.5) is 4.79 Å². The molecule has 0 radical (unpaired) electrons. The van der Waals surface area contributed by atoms with E-state index in [2.05, 4.69) is 5.32 Å². The summed E-state index contributed by atoms with van der Waals surface area (Å²) >= 11 is 1.43. The summed E-state index contributed by atoms with van der Waals surface area (Å²) in [6, 6.07) is 1.67. The molecular formula is C15H24N2O4S. The molecule has 0 aliphatic heterocycles. The normalized spacial score (nSPS) is 11.3. The van der Waals surface area contributed by atoms with E-state index < -0.39 is 11.6 Å². The maximum absolute atomic E-state index is 11.7. The quantitative estimate of drug-likeness (QED) is 0.753. The van der Waals surface area contributed by atoms with Crippen LogP contribution in [-0.2, 0) is 11.3 Å². The highest BCUT2D eigenvalue weighted by molar-refractivity contribution is 7.10. The van der Waals surface area contributed by atoms with E-state index in [-0.39, 0.29) is 6.09 Å². The molecule has 0 saturated carbocycles. The number of hydrogen-bond acceptors (Lipinski definition) is 5. The van der Waals surface area contributed by atoms with Gasteiger partial charge in [-0.05, 0) is 39.8 Å². The Morgan fingerprint density at radius 1 is 1.41 bits per heavy atom. The van der Waals surface area contributed by atoms with E-state index in [0.717, 1.165) is 17.8 Å². The summed E-state index contributed by atoms with van der Waals surface area (Å²) in [5.41, 5.74) is -0.156. The molecule has 0 unspecified atom stereocenters. The van der Waals surface area contributed by atoms with Crippen molar-refractivity contribution in [2.75, 3.05) is 20.1 Å². The van der Waals surface area contributed by atoms with Crippen LogP contribution in [0.3, 0.4) is 0 Å². The minimum atomic E-state index is -0.901. The second kappa shape index (κ2) is 8.14. The lowest BCUT2D eigenvalue weighted by Gasteiger charge is -2.24. The van der Waals surface area contributed by atoms with Gasteiger partial charge in [0.2, 0.25) is 0 Å². The molecule has 1 amide bonds. The molecule has 0 fully saturated rings. The van der Waals surface area contributed by atoms with Crippen LogP contribution in [0, 0.1) is 0 Å². The largest absolute Gasteiger partial charge is 0.478 e. The van der Waals surface area contributed by atoms with Gasteiger partial charge in [0.15, 0.2) is 0 Å². The van der Waals surface area contributed by atoms with Crippen LogP contribution < -0.4 is 5.32 Å². The van der Waals surface area contributed by atoms with Crippen LogP contribution >= 0.6 is 11.3 Å². The number of ether oxygens (including phenoxy) is 1. The summed E-state index contributed by atoms with van der Waals surface area (Å²) in [5.74, 6) is -0.901. The molecule has 1 aromatic rings. The lowest BCUT2D eigenvalue weighted by molar-refractivity contribution is 0.0297. The molecule has 0 saturated heterocycles. The Bertz CT molecular complexity index is 508. The first-order valence-corrected chi connectivity index (χ1v) is 8.02. The molecule has 0 aliphatic rings. The van der Waals surface area contributed by atoms with Crippen molar-refractivity contribution in [3.8, 4) is 0 Å². The van der Waals surface area contributed by atoms with Crippen molar-refractivity contribution in [2.24, 2.45) is 0 Å². The highest BCUT2D eigenvalue weighted by Gasteiger charge is 2.18. The monoisotopic (exact) mass is 328 g/mol. The Kier molecular flexibility index (Phi) is 6.83. The molecule has 0 atom stereocenters. The molecule has 0 bridgehead atoms. The van der Waals surface area contributed by atoms with E-state index in [0.29, 0.717) is 18.7 Å². The maximum atomic E-state index is 11.7. The van der Waals surface area contributed by atoms with Crippen LogP contribution in [0.5, 0.6) is 0 Å². The van der Waals surface area contributed by atoms with Crippen LogP contribution in [0.2, 0.25) is 0 Å². The van der Waals surface area contributed by atoms with Crippen LogP contribution in [0.15, 0.2) is 11.4 Å². The van der Waals surface area contributed by atoms with E-state index in [1.54, 1.807) is 23.4 Å². The summed E-state index contributed by atoms with van der Waals surface area (Å²) in [6.45, 7) is 7.50. The lowest BCUT2D eigenvalue weighted by atomic mass is 10.2. The van der Waals surface area contributed by atoms with E-state index in [1.807, 2.05) is 20.8 Å². The predicted molar refractivity (Wildman–Crippen MR) is 86.5 cm³/mol. The van der Waals surface area contributed by atoms with Crippen molar-refractivity contribution in [2.45, 2.75) is 39.3 Å². The van der Waals surface area contributed by atoms with Crippen molar-refractivity contribution in [3.05, 3.63) is 21.9 Å². The van der Waals surface area contributed by atoms with Crippen molar-refractivity contribution in [1.29, 1.82) is 0 Å². The molecule has 1 heterocycles. The van der Waals surface area contributed by atoms with Gasteiger partial charge in [-0.25, -0.2) is 9.59 Å². The summed E-state index contributed by atoms with van der Waals surface area (Å²) in [5, 5.41) is 13.7. The van der Waals surface area contributed by atoms with E-state index in [4.69, 9.17) is 9.84 Å². The SMILES string of the molecule is CN(CCCNCc1cc(C(=O)O)cs1)C(=O)OC(C)(C)C. The third-order valence-electron chi connectivity index (χ3n) is 2.75. The predicted octanol–water partition coefficient (Wildman–Crippen LogP) is 2.79. The number of amides is 1. The Morgan fingerprint density at radius 2 is 2.09 bits per heavy atom. The van der Waals surface area contributed by atoms with Gasteiger partial charge in [-0.3, -0.25) is 0 Å². The highest BCUT2D eigenvalue weighted by Crippen LogP contribution is 2.14. The fraction of sp³-hybridized carbons (Fsp3) is 0.600. The smallest absolute Gasteiger partial charge is 0.410 e. The molecule has 22 heavy (non-hydrogen) atoms.